The van der Waals surface area contributed by atoms with E-state index in [1.54, 1.807) is 0 Å². The lowest BCUT2D eigenvalue weighted by atomic mass is 10.1. The highest BCUT2D eigenvalue weighted by molar-refractivity contribution is 5.55. The number of aryl methyl sites for hydroxylation is 1. The summed E-state index contributed by atoms with van der Waals surface area (Å²) in [5.41, 5.74) is 1.69. The van der Waals surface area contributed by atoms with Gasteiger partial charge in [0.1, 0.15) is 11.9 Å². The van der Waals surface area contributed by atoms with E-state index in [1.165, 1.54) is 25.7 Å². The molecule has 0 amide bonds. The van der Waals surface area contributed by atoms with Crippen molar-refractivity contribution in [3.05, 3.63) is 23.4 Å². The summed E-state index contributed by atoms with van der Waals surface area (Å²) in [4.78, 5) is 7.02. The SMILES string of the molecule is Cc1ccc(C#N)c(N(CC(C)C)C2CCCC2)n1. The minimum absolute atomic E-state index is 0.559. The van der Waals surface area contributed by atoms with Gasteiger partial charge in [-0.1, -0.05) is 26.7 Å². The van der Waals surface area contributed by atoms with E-state index in [0.717, 1.165) is 18.1 Å². The van der Waals surface area contributed by atoms with Gasteiger partial charge in [0.2, 0.25) is 0 Å². The van der Waals surface area contributed by atoms with Crippen molar-refractivity contribution in [2.75, 3.05) is 11.4 Å². The lowest BCUT2D eigenvalue weighted by Crippen LogP contribution is -2.37. The molecule has 0 aliphatic heterocycles. The van der Waals surface area contributed by atoms with Gasteiger partial charge in [-0.25, -0.2) is 4.98 Å². The molecule has 3 nitrogen and oxygen atoms in total. The first kappa shape index (κ1) is 13.9. The number of anilines is 1. The summed E-state index contributed by atoms with van der Waals surface area (Å²) >= 11 is 0. The number of pyridine rings is 1. The molecule has 0 radical (unpaired) electrons. The van der Waals surface area contributed by atoms with E-state index in [9.17, 15) is 5.26 Å². The summed E-state index contributed by atoms with van der Waals surface area (Å²) < 4.78 is 0. The highest BCUT2D eigenvalue weighted by Crippen LogP contribution is 2.30. The van der Waals surface area contributed by atoms with Gasteiger partial charge in [0.15, 0.2) is 0 Å². The quantitative estimate of drug-likeness (QED) is 0.826. The topological polar surface area (TPSA) is 39.9 Å². The van der Waals surface area contributed by atoms with Gasteiger partial charge < -0.3 is 4.90 Å². The van der Waals surface area contributed by atoms with Crippen molar-refractivity contribution in [2.45, 2.75) is 52.5 Å². The van der Waals surface area contributed by atoms with Crippen molar-refractivity contribution in [2.24, 2.45) is 5.92 Å². The Balaban J connectivity index is 2.36. The van der Waals surface area contributed by atoms with Gasteiger partial charge in [-0.15, -0.1) is 0 Å². The lowest BCUT2D eigenvalue weighted by molar-refractivity contribution is 0.530. The van der Waals surface area contributed by atoms with Crippen LogP contribution in [-0.4, -0.2) is 17.6 Å². The summed E-state index contributed by atoms with van der Waals surface area (Å²) in [6.45, 7) is 7.43. The molecule has 0 N–H and O–H groups in total. The smallest absolute Gasteiger partial charge is 0.147 e. The summed E-state index contributed by atoms with van der Waals surface area (Å²) in [6, 6.07) is 6.68. The Hall–Kier alpha value is -1.56. The molecule has 1 aliphatic rings. The van der Waals surface area contributed by atoms with Crippen LogP contribution in [0.3, 0.4) is 0 Å². The zero-order valence-corrected chi connectivity index (χ0v) is 12.2. The molecule has 3 heteroatoms. The van der Waals surface area contributed by atoms with Crippen LogP contribution >= 0.6 is 0 Å². The predicted molar refractivity (Wildman–Crippen MR) is 78.1 cm³/mol. The first-order valence-corrected chi connectivity index (χ1v) is 7.26. The van der Waals surface area contributed by atoms with Crippen LogP contribution in [0.1, 0.15) is 50.8 Å². The van der Waals surface area contributed by atoms with Gasteiger partial charge in [0.25, 0.3) is 0 Å². The molecule has 0 atom stereocenters. The third kappa shape index (κ3) is 3.26. The van der Waals surface area contributed by atoms with E-state index in [0.29, 0.717) is 17.5 Å². The van der Waals surface area contributed by atoms with Crippen LogP contribution in [0.25, 0.3) is 0 Å². The van der Waals surface area contributed by atoms with Gasteiger partial charge in [-0.05, 0) is 37.8 Å². The molecule has 0 spiro atoms. The molecule has 19 heavy (non-hydrogen) atoms. The van der Waals surface area contributed by atoms with Gasteiger partial charge in [0.05, 0.1) is 5.56 Å². The average molecular weight is 257 g/mol. The first-order valence-electron chi connectivity index (χ1n) is 7.26. The van der Waals surface area contributed by atoms with E-state index in [-0.39, 0.29) is 0 Å². The number of nitrogens with zero attached hydrogens (tertiary/aromatic N) is 3. The third-order valence-electron chi connectivity index (χ3n) is 3.73. The molecule has 2 rings (SSSR count). The minimum atomic E-state index is 0.559. The molecule has 0 saturated heterocycles. The Bertz CT molecular complexity index is 467. The number of aromatic nitrogens is 1. The fourth-order valence-corrected chi connectivity index (χ4v) is 2.87. The number of nitriles is 1. The van der Waals surface area contributed by atoms with Gasteiger partial charge in [0, 0.05) is 18.3 Å². The molecule has 102 valence electrons. The Kier molecular flexibility index (Phi) is 4.42. The lowest BCUT2D eigenvalue weighted by Gasteiger charge is -2.32. The number of rotatable bonds is 4. The normalized spacial score (nSPS) is 15.7. The van der Waals surface area contributed by atoms with Crippen LogP contribution in [-0.2, 0) is 0 Å². The zero-order chi connectivity index (χ0) is 13.8. The third-order valence-corrected chi connectivity index (χ3v) is 3.73. The van der Waals surface area contributed by atoms with Gasteiger partial charge >= 0.3 is 0 Å². The van der Waals surface area contributed by atoms with E-state index in [4.69, 9.17) is 0 Å². The zero-order valence-electron chi connectivity index (χ0n) is 12.2. The largest absolute Gasteiger partial charge is 0.352 e. The van der Waals surface area contributed by atoms with E-state index >= 15 is 0 Å². The van der Waals surface area contributed by atoms with Crippen LogP contribution in [0.5, 0.6) is 0 Å². The monoisotopic (exact) mass is 257 g/mol. The second-order valence-corrected chi connectivity index (χ2v) is 5.92. The number of hydrogen-bond donors (Lipinski definition) is 0. The summed E-state index contributed by atoms with van der Waals surface area (Å²) in [7, 11) is 0. The standard InChI is InChI=1S/C16H23N3/c1-12(2)11-19(15-6-4-5-7-15)16-14(10-17)9-8-13(3)18-16/h8-9,12,15H,4-7,11H2,1-3H3. The molecule has 0 bridgehead atoms. The summed E-state index contributed by atoms with van der Waals surface area (Å²) in [5, 5.41) is 9.32. The van der Waals surface area contributed by atoms with Crippen molar-refractivity contribution in [3.63, 3.8) is 0 Å². The van der Waals surface area contributed by atoms with E-state index < -0.39 is 0 Å². The molecule has 1 heterocycles. The fourth-order valence-electron chi connectivity index (χ4n) is 2.87. The Morgan fingerprint density at radius 2 is 2.05 bits per heavy atom. The second-order valence-electron chi connectivity index (χ2n) is 5.92. The average Bonchev–Trinajstić information content (AvgIpc) is 2.89. The Morgan fingerprint density at radius 3 is 2.63 bits per heavy atom. The molecule has 1 aromatic heterocycles. The molecule has 1 aromatic rings. The van der Waals surface area contributed by atoms with Crippen molar-refractivity contribution in [1.29, 1.82) is 5.26 Å². The predicted octanol–water partition coefficient (Wildman–Crippen LogP) is 3.67. The molecule has 0 unspecified atom stereocenters. The maximum absolute atomic E-state index is 9.32. The Morgan fingerprint density at radius 1 is 1.37 bits per heavy atom. The van der Waals surface area contributed by atoms with Crippen LogP contribution in [0.4, 0.5) is 5.82 Å². The fraction of sp³-hybridized carbons (Fsp3) is 0.625. The molecule has 1 saturated carbocycles. The van der Waals surface area contributed by atoms with E-state index in [2.05, 4.69) is 29.8 Å². The van der Waals surface area contributed by atoms with Crippen molar-refractivity contribution in [3.8, 4) is 6.07 Å². The number of hydrogen-bond acceptors (Lipinski definition) is 3. The van der Waals surface area contributed by atoms with Crippen LogP contribution in [0.15, 0.2) is 12.1 Å². The first-order chi connectivity index (χ1) is 9.11. The molecule has 0 aromatic carbocycles. The van der Waals surface area contributed by atoms with Crippen molar-refractivity contribution < 1.29 is 0 Å². The maximum Gasteiger partial charge on any atom is 0.147 e. The van der Waals surface area contributed by atoms with Crippen LogP contribution < -0.4 is 4.90 Å². The minimum Gasteiger partial charge on any atom is -0.352 e. The molecule has 1 aliphatic carbocycles. The Labute approximate surface area is 116 Å². The molecule has 1 fully saturated rings. The highest BCUT2D eigenvalue weighted by Gasteiger charge is 2.26. The van der Waals surface area contributed by atoms with Crippen LogP contribution in [0.2, 0.25) is 0 Å². The second kappa shape index (κ2) is 6.06. The maximum atomic E-state index is 9.32. The van der Waals surface area contributed by atoms with Crippen LogP contribution in [0, 0.1) is 24.2 Å². The van der Waals surface area contributed by atoms with Crippen molar-refractivity contribution >= 4 is 5.82 Å². The van der Waals surface area contributed by atoms with Crippen molar-refractivity contribution in [1.82, 2.24) is 4.98 Å². The highest BCUT2D eigenvalue weighted by atomic mass is 15.2. The summed E-state index contributed by atoms with van der Waals surface area (Å²) in [5.74, 6) is 1.47. The molecular weight excluding hydrogens is 234 g/mol. The van der Waals surface area contributed by atoms with Gasteiger partial charge in [-0.2, -0.15) is 5.26 Å². The van der Waals surface area contributed by atoms with E-state index in [1.807, 2.05) is 19.1 Å². The molecular formula is C16H23N3. The van der Waals surface area contributed by atoms with Gasteiger partial charge in [-0.3, -0.25) is 0 Å². The summed E-state index contributed by atoms with van der Waals surface area (Å²) in [6.07, 6.45) is 5.06.